The van der Waals surface area contributed by atoms with Gasteiger partial charge >= 0.3 is 5.97 Å². The SMILES string of the molecule is O=C(Nc1ccccc1N1CCC(O)CC1)c1csc(Nc2cscc2C(=O)O)n1. The number of aromatic nitrogens is 1. The molecule has 1 fully saturated rings. The average molecular weight is 445 g/mol. The number of aromatic carboxylic acids is 1. The van der Waals surface area contributed by atoms with Crippen molar-refractivity contribution in [3.05, 3.63) is 51.7 Å². The fraction of sp³-hybridized carbons (Fsp3) is 0.250. The van der Waals surface area contributed by atoms with E-state index in [1.807, 2.05) is 24.3 Å². The number of carbonyl (C=O) groups excluding carboxylic acids is 1. The summed E-state index contributed by atoms with van der Waals surface area (Å²) in [6, 6.07) is 7.57. The predicted octanol–water partition coefficient (Wildman–Crippen LogP) is 3.86. The maximum Gasteiger partial charge on any atom is 0.338 e. The third-order valence-corrected chi connectivity index (χ3v) is 6.33. The lowest BCUT2D eigenvalue weighted by Gasteiger charge is -2.32. The van der Waals surface area contributed by atoms with E-state index in [9.17, 15) is 19.8 Å². The first-order valence-electron chi connectivity index (χ1n) is 9.36. The topological polar surface area (TPSA) is 115 Å². The second kappa shape index (κ2) is 8.82. The van der Waals surface area contributed by atoms with Crippen LogP contribution in [0.4, 0.5) is 22.2 Å². The van der Waals surface area contributed by atoms with Gasteiger partial charge in [-0.1, -0.05) is 12.1 Å². The van der Waals surface area contributed by atoms with Crippen LogP contribution in [-0.2, 0) is 0 Å². The molecule has 0 unspecified atom stereocenters. The van der Waals surface area contributed by atoms with E-state index in [4.69, 9.17) is 0 Å². The van der Waals surface area contributed by atoms with Crippen LogP contribution in [0.1, 0.15) is 33.7 Å². The Bertz CT molecular complexity index is 1060. The van der Waals surface area contributed by atoms with Crippen molar-refractivity contribution >= 4 is 56.7 Å². The molecule has 30 heavy (non-hydrogen) atoms. The van der Waals surface area contributed by atoms with E-state index in [1.54, 1.807) is 16.1 Å². The van der Waals surface area contributed by atoms with E-state index >= 15 is 0 Å². The molecule has 3 heterocycles. The second-order valence-electron chi connectivity index (χ2n) is 6.86. The van der Waals surface area contributed by atoms with Gasteiger partial charge in [0, 0.05) is 29.2 Å². The van der Waals surface area contributed by atoms with Crippen molar-refractivity contribution < 1.29 is 19.8 Å². The van der Waals surface area contributed by atoms with Crippen LogP contribution in [0.5, 0.6) is 0 Å². The van der Waals surface area contributed by atoms with E-state index in [1.165, 1.54) is 22.7 Å². The van der Waals surface area contributed by atoms with Crippen LogP contribution in [0.3, 0.4) is 0 Å². The highest BCUT2D eigenvalue weighted by Crippen LogP contribution is 2.30. The summed E-state index contributed by atoms with van der Waals surface area (Å²) in [5.41, 5.74) is 2.47. The number of thiazole rings is 1. The number of carboxylic acids is 1. The molecule has 156 valence electrons. The number of hydrogen-bond donors (Lipinski definition) is 4. The largest absolute Gasteiger partial charge is 0.478 e. The van der Waals surface area contributed by atoms with Gasteiger partial charge in [-0.3, -0.25) is 4.79 Å². The number of nitrogens with one attached hydrogen (secondary N) is 2. The van der Waals surface area contributed by atoms with Crippen molar-refractivity contribution in [1.29, 1.82) is 0 Å². The molecular formula is C20H20N4O4S2. The molecule has 0 bridgehead atoms. The highest BCUT2D eigenvalue weighted by Gasteiger charge is 2.21. The van der Waals surface area contributed by atoms with E-state index in [0.29, 0.717) is 29.3 Å². The molecule has 4 rings (SSSR count). The van der Waals surface area contributed by atoms with Gasteiger partial charge in [0.2, 0.25) is 0 Å². The molecule has 4 N–H and O–H groups in total. The highest BCUT2D eigenvalue weighted by atomic mass is 32.1. The lowest BCUT2D eigenvalue weighted by atomic mass is 10.1. The van der Waals surface area contributed by atoms with Crippen molar-refractivity contribution in [3.8, 4) is 0 Å². The minimum atomic E-state index is -1.02. The molecule has 0 spiro atoms. The second-order valence-corrected chi connectivity index (χ2v) is 8.46. The van der Waals surface area contributed by atoms with Gasteiger partial charge in [0.05, 0.1) is 28.7 Å². The van der Waals surface area contributed by atoms with Gasteiger partial charge in [-0.25, -0.2) is 9.78 Å². The number of thiophene rings is 1. The third kappa shape index (κ3) is 4.45. The van der Waals surface area contributed by atoms with Crippen LogP contribution in [0.25, 0.3) is 0 Å². The number of aliphatic hydroxyl groups is 1. The molecular weight excluding hydrogens is 424 g/mol. The summed E-state index contributed by atoms with van der Waals surface area (Å²) in [6.45, 7) is 1.46. The molecule has 1 aliphatic rings. The maximum atomic E-state index is 12.7. The molecule has 1 amide bonds. The molecule has 1 saturated heterocycles. The smallest absolute Gasteiger partial charge is 0.338 e. The Hall–Kier alpha value is -2.95. The molecule has 1 aromatic carbocycles. The summed E-state index contributed by atoms with van der Waals surface area (Å²) in [6.07, 6.45) is 1.13. The summed E-state index contributed by atoms with van der Waals surface area (Å²) in [7, 11) is 0. The Kier molecular flexibility index (Phi) is 5.98. The highest BCUT2D eigenvalue weighted by molar-refractivity contribution is 7.14. The number of benzene rings is 1. The van der Waals surface area contributed by atoms with Crippen molar-refractivity contribution in [2.24, 2.45) is 0 Å². The molecule has 0 atom stereocenters. The fourth-order valence-electron chi connectivity index (χ4n) is 3.26. The van der Waals surface area contributed by atoms with Gasteiger partial charge in [0.25, 0.3) is 5.91 Å². The van der Waals surface area contributed by atoms with Crippen molar-refractivity contribution in [2.75, 3.05) is 28.6 Å². The van der Waals surface area contributed by atoms with Crippen LogP contribution < -0.4 is 15.5 Å². The molecule has 0 radical (unpaired) electrons. The zero-order valence-electron chi connectivity index (χ0n) is 15.9. The Morgan fingerprint density at radius 2 is 1.87 bits per heavy atom. The number of hydrogen-bond acceptors (Lipinski definition) is 8. The molecule has 10 heteroatoms. The summed E-state index contributed by atoms with van der Waals surface area (Å²) >= 11 is 2.51. The average Bonchev–Trinajstić information content (AvgIpc) is 3.39. The van der Waals surface area contributed by atoms with E-state index in [2.05, 4.69) is 20.5 Å². The quantitative estimate of drug-likeness (QED) is 0.456. The number of anilines is 4. The number of carbonyl (C=O) groups is 2. The molecule has 0 aliphatic carbocycles. The van der Waals surface area contributed by atoms with E-state index in [-0.39, 0.29) is 23.3 Å². The number of aliphatic hydroxyl groups excluding tert-OH is 1. The van der Waals surface area contributed by atoms with Gasteiger partial charge in [0.15, 0.2) is 5.13 Å². The predicted molar refractivity (Wildman–Crippen MR) is 119 cm³/mol. The van der Waals surface area contributed by atoms with Gasteiger partial charge in [0.1, 0.15) is 5.69 Å². The van der Waals surface area contributed by atoms with Crippen LogP contribution in [0.15, 0.2) is 40.4 Å². The van der Waals surface area contributed by atoms with Gasteiger partial charge in [-0.05, 0) is 25.0 Å². The number of para-hydroxylation sites is 2. The van der Waals surface area contributed by atoms with Gasteiger partial charge < -0.3 is 25.7 Å². The molecule has 1 aliphatic heterocycles. The number of piperidine rings is 1. The summed E-state index contributed by atoms with van der Waals surface area (Å²) in [5.74, 6) is -1.36. The molecule has 0 saturated carbocycles. The van der Waals surface area contributed by atoms with Crippen LogP contribution in [-0.4, -0.2) is 46.3 Å². The zero-order chi connectivity index (χ0) is 21.1. The number of amides is 1. The Morgan fingerprint density at radius 1 is 1.10 bits per heavy atom. The molecule has 8 nitrogen and oxygen atoms in total. The van der Waals surface area contributed by atoms with Crippen LogP contribution in [0.2, 0.25) is 0 Å². The standard InChI is InChI=1S/C20H20N4O4S2/c25-12-5-7-24(8-6-12)17-4-2-1-3-14(17)21-18(26)16-11-30-20(23-16)22-15-10-29-9-13(15)19(27)28/h1-4,9-12,25H,5-8H2,(H,21,26)(H,22,23)(H,27,28). The van der Waals surface area contributed by atoms with Crippen LogP contribution in [0, 0.1) is 0 Å². The summed E-state index contributed by atoms with van der Waals surface area (Å²) in [4.78, 5) is 30.4. The first-order chi connectivity index (χ1) is 14.5. The third-order valence-electron chi connectivity index (χ3n) is 4.83. The monoisotopic (exact) mass is 444 g/mol. The van der Waals surface area contributed by atoms with Crippen molar-refractivity contribution in [3.63, 3.8) is 0 Å². The normalized spacial score (nSPS) is 14.5. The first kappa shape index (κ1) is 20.3. The van der Waals surface area contributed by atoms with Crippen molar-refractivity contribution in [1.82, 2.24) is 4.98 Å². The summed E-state index contributed by atoms with van der Waals surface area (Å²) in [5, 5.41) is 30.1. The lowest BCUT2D eigenvalue weighted by Crippen LogP contribution is -2.36. The number of nitrogens with zero attached hydrogens (tertiary/aromatic N) is 2. The minimum absolute atomic E-state index is 0.168. The minimum Gasteiger partial charge on any atom is -0.478 e. The van der Waals surface area contributed by atoms with E-state index < -0.39 is 5.97 Å². The van der Waals surface area contributed by atoms with Gasteiger partial charge in [-0.2, -0.15) is 0 Å². The fourth-order valence-corrected chi connectivity index (χ4v) is 4.72. The Morgan fingerprint density at radius 3 is 2.63 bits per heavy atom. The molecule has 3 aromatic rings. The summed E-state index contributed by atoms with van der Waals surface area (Å²) < 4.78 is 0. The lowest BCUT2D eigenvalue weighted by molar-refractivity contribution is 0.0698. The number of rotatable bonds is 6. The zero-order valence-corrected chi connectivity index (χ0v) is 17.5. The van der Waals surface area contributed by atoms with Crippen molar-refractivity contribution in [2.45, 2.75) is 18.9 Å². The Labute approximate surface area is 180 Å². The van der Waals surface area contributed by atoms with Gasteiger partial charge in [-0.15, -0.1) is 22.7 Å². The van der Waals surface area contributed by atoms with E-state index in [0.717, 1.165) is 18.8 Å². The number of carboxylic acid groups (broad SMARTS) is 1. The molecule has 2 aromatic heterocycles. The first-order valence-corrected chi connectivity index (χ1v) is 11.2. The van der Waals surface area contributed by atoms with Crippen LogP contribution >= 0.6 is 22.7 Å². The Balaban J connectivity index is 1.46. The maximum absolute atomic E-state index is 12.7.